The van der Waals surface area contributed by atoms with Gasteiger partial charge in [0, 0.05) is 24.7 Å². The Kier molecular flexibility index (Phi) is 1.62. The van der Waals surface area contributed by atoms with Crippen LogP contribution in [0.1, 0.15) is 22.3 Å². The molecule has 3 heterocycles. The second-order valence-electron chi connectivity index (χ2n) is 3.83. The van der Waals surface area contributed by atoms with Crippen molar-refractivity contribution in [1.82, 2.24) is 10.3 Å². The van der Waals surface area contributed by atoms with Crippen LogP contribution in [0.5, 0.6) is 0 Å². The van der Waals surface area contributed by atoms with E-state index in [1.54, 1.807) is 6.07 Å². The number of esters is 1. The molecular weight excluding hydrogens is 199 g/mol. The van der Waals surface area contributed by atoms with Crippen molar-refractivity contribution < 1.29 is 13.9 Å². The Morgan fingerprint density at radius 3 is 3.20 bits per heavy atom. The quantitative estimate of drug-likeness (QED) is 0.500. The van der Waals surface area contributed by atoms with Gasteiger partial charge in [0.15, 0.2) is 5.60 Å². The van der Waals surface area contributed by atoms with Gasteiger partial charge in [-0.1, -0.05) is 0 Å². The second kappa shape index (κ2) is 2.76. The number of nitrogens with zero attached hydrogens (tertiary/aromatic N) is 1. The van der Waals surface area contributed by atoms with Gasteiger partial charge in [0.25, 0.3) is 0 Å². The lowest BCUT2D eigenvalue weighted by Gasteiger charge is -2.21. The molecule has 0 aliphatic carbocycles. The number of fused-ring (bicyclic) bond motifs is 2. The van der Waals surface area contributed by atoms with E-state index in [1.165, 1.54) is 6.20 Å². The molecule has 0 radical (unpaired) electrons. The molecular formula is C10H9FN2O2. The van der Waals surface area contributed by atoms with Crippen molar-refractivity contribution >= 4 is 5.97 Å². The summed E-state index contributed by atoms with van der Waals surface area (Å²) in [5, 5.41) is 3.12. The molecule has 78 valence electrons. The van der Waals surface area contributed by atoms with E-state index in [2.05, 4.69) is 10.3 Å². The average Bonchev–Trinajstić information content (AvgIpc) is 2.76. The molecule has 0 aromatic carbocycles. The normalized spacial score (nSPS) is 28.2. The monoisotopic (exact) mass is 208 g/mol. The zero-order chi connectivity index (χ0) is 10.5. The molecule has 2 aliphatic rings. The van der Waals surface area contributed by atoms with E-state index >= 15 is 0 Å². The van der Waals surface area contributed by atoms with Gasteiger partial charge in [0.1, 0.15) is 5.56 Å². The van der Waals surface area contributed by atoms with Gasteiger partial charge in [-0.05, 0) is 12.6 Å². The topological polar surface area (TPSA) is 51.2 Å². The smallest absolute Gasteiger partial charge is 0.344 e. The molecule has 4 nitrogen and oxygen atoms in total. The Morgan fingerprint density at radius 2 is 2.47 bits per heavy atom. The van der Waals surface area contributed by atoms with E-state index in [-0.39, 0.29) is 5.56 Å². The van der Waals surface area contributed by atoms with E-state index in [1.807, 2.05) is 0 Å². The zero-order valence-electron chi connectivity index (χ0n) is 7.92. The Morgan fingerprint density at radius 1 is 1.60 bits per heavy atom. The molecule has 1 aromatic rings. The predicted octanol–water partition coefficient (Wildman–Crippen LogP) is 0.580. The van der Waals surface area contributed by atoms with Crippen LogP contribution in [-0.4, -0.2) is 24.0 Å². The highest BCUT2D eigenvalue weighted by atomic mass is 19.1. The third-order valence-corrected chi connectivity index (χ3v) is 3.00. The maximum absolute atomic E-state index is 13.3. The molecule has 3 rings (SSSR count). The van der Waals surface area contributed by atoms with Crippen LogP contribution in [0.3, 0.4) is 0 Å². The molecule has 1 N–H and O–H groups in total. The summed E-state index contributed by atoms with van der Waals surface area (Å²) in [5.74, 6) is -1.33. The van der Waals surface area contributed by atoms with Crippen LogP contribution in [0.2, 0.25) is 0 Å². The highest BCUT2D eigenvalue weighted by molar-refractivity contribution is 5.94. The number of hydrogen-bond donors (Lipinski definition) is 1. The Bertz CT molecular complexity index is 441. The van der Waals surface area contributed by atoms with Crippen LogP contribution in [-0.2, 0) is 10.3 Å². The SMILES string of the molecule is O=C1OC2(CCNC2)c2ccnc(F)c21. The van der Waals surface area contributed by atoms with Crippen molar-refractivity contribution in [2.24, 2.45) is 0 Å². The number of hydrogen-bond acceptors (Lipinski definition) is 4. The van der Waals surface area contributed by atoms with Gasteiger partial charge in [-0.15, -0.1) is 0 Å². The number of rotatable bonds is 0. The molecule has 1 atom stereocenters. The van der Waals surface area contributed by atoms with Gasteiger partial charge >= 0.3 is 5.97 Å². The molecule has 1 aromatic heterocycles. The first-order valence-corrected chi connectivity index (χ1v) is 4.82. The molecule has 15 heavy (non-hydrogen) atoms. The van der Waals surface area contributed by atoms with Gasteiger partial charge in [0.05, 0.1) is 0 Å². The maximum atomic E-state index is 13.3. The van der Waals surface area contributed by atoms with E-state index < -0.39 is 17.5 Å². The third kappa shape index (κ3) is 1.04. The van der Waals surface area contributed by atoms with Crippen LogP contribution >= 0.6 is 0 Å². The number of ether oxygens (including phenoxy) is 1. The highest BCUT2D eigenvalue weighted by Gasteiger charge is 2.49. The lowest BCUT2D eigenvalue weighted by molar-refractivity contribution is 0.00152. The number of carbonyl (C=O) groups excluding carboxylic acids is 1. The molecule has 1 fully saturated rings. The van der Waals surface area contributed by atoms with Crippen molar-refractivity contribution in [3.05, 3.63) is 29.3 Å². The van der Waals surface area contributed by atoms with Gasteiger partial charge in [0.2, 0.25) is 5.95 Å². The number of halogens is 1. The minimum Gasteiger partial charge on any atom is -0.449 e. The summed E-state index contributed by atoms with van der Waals surface area (Å²) in [4.78, 5) is 15.0. The highest BCUT2D eigenvalue weighted by Crippen LogP contribution is 2.40. The van der Waals surface area contributed by atoms with Crippen LogP contribution in [0.15, 0.2) is 12.3 Å². The summed E-state index contributed by atoms with van der Waals surface area (Å²) >= 11 is 0. The lowest BCUT2D eigenvalue weighted by Crippen LogP contribution is -2.28. The molecule has 0 amide bonds. The first-order valence-electron chi connectivity index (χ1n) is 4.82. The molecule has 5 heteroatoms. The fourth-order valence-electron chi connectivity index (χ4n) is 2.28. The van der Waals surface area contributed by atoms with Crippen molar-refractivity contribution in [1.29, 1.82) is 0 Å². The number of nitrogens with one attached hydrogen (secondary N) is 1. The average molecular weight is 208 g/mol. The first-order chi connectivity index (χ1) is 7.23. The van der Waals surface area contributed by atoms with E-state index in [0.717, 1.165) is 6.54 Å². The Hall–Kier alpha value is -1.49. The van der Waals surface area contributed by atoms with Gasteiger partial charge in [-0.3, -0.25) is 0 Å². The van der Waals surface area contributed by atoms with Crippen molar-refractivity contribution in [2.75, 3.05) is 13.1 Å². The molecule has 1 spiro atoms. The standard InChI is InChI=1S/C10H9FN2O2/c11-8-7-6(1-3-13-8)10(15-9(7)14)2-4-12-5-10/h1,3,12H,2,4-5H2. The number of aromatic nitrogens is 1. The zero-order valence-corrected chi connectivity index (χ0v) is 7.92. The molecule has 1 saturated heterocycles. The summed E-state index contributed by atoms with van der Waals surface area (Å²) in [7, 11) is 0. The van der Waals surface area contributed by atoms with Crippen molar-refractivity contribution in [3.63, 3.8) is 0 Å². The molecule has 0 saturated carbocycles. The van der Waals surface area contributed by atoms with Crippen LogP contribution in [0.25, 0.3) is 0 Å². The van der Waals surface area contributed by atoms with E-state index in [4.69, 9.17) is 4.74 Å². The summed E-state index contributed by atoms with van der Waals surface area (Å²) in [6.07, 6.45) is 2.06. The Labute approximate surface area is 85.5 Å². The number of carbonyl (C=O) groups is 1. The minimum absolute atomic E-state index is 0.00111. The van der Waals surface area contributed by atoms with E-state index in [9.17, 15) is 9.18 Å². The van der Waals surface area contributed by atoms with Crippen molar-refractivity contribution in [3.8, 4) is 0 Å². The lowest BCUT2D eigenvalue weighted by atomic mass is 9.93. The molecule has 1 unspecified atom stereocenters. The predicted molar refractivity (Wildman–Crippen MR) is 48.8 cm³/mol. The van der Waals surface area contributed by atoms with Gasteiger partial charge < -0.3 is 10.1 Å². The Balaban J connectivity index is 2.22. The van der Waals surface area contributed by atoms with Crippen LogP contribution in [0.4, 0.5) is 4.39 Å². The van der Waals surface area contributed by atoms with Crippen LogP contribution < -0.4 is 5.32 Å². The summed E-state index contributed by atoms with van der Waals surface area (Å²) < 4.78 is 18.6. The summed E-state index contributed by atoms with van der Waals surface area (Å²) in [5.41, 5.74) is -0.0258. The summed E-state index contributed by atoms with van der Waals surface area (Å²) in [6.45, 7) is 1.33. The van der Waals surface area contributed by atoms with Crippen LogP contribution in [0, 0.1) is 5.95 Å². The molecule has 2 aliphatic heterocycles. The third-order valence-electron chi connectivity index (χ3n) is 3.00. The van der Waals surface area contributed by atoms with Crippen molar-refractivity contribution in [2.45, 2.75) is 12.0 Å². The summed E-state index contributed by atoms with van der Waals surface area (Å²) in [6, 6.07) is 1.66. The van der Waals surface area contributed by atoms with E-state index in [0.29, 0.717) is 18.5 Å². The second-order valence-corrected chi connectivity index (χ2v) is 3.83. The molecule has 0 bridgehead atoms. The minimum atomic E-state index is -0.735. The largest absolute Gasteiger partial charge is 0.449 e. The first kappa shape index (κ1) is 8.79. The number of pyridine rings is 1. The van der Waals surface area contributed by atoms with Gasteiger partial charge in [-0.25, -0.2) is 9.78 Å². The maximum Gasteiger partial charge on any atom is 0.344 e. The fourth-order valence-corrected chi connectivity index (χ4v) is 2.28. The van der Waals surface area contributed by atoms with Gasteiger partial charge in [-0.2, -0.15) is 4.39 Å². The fraction of sp³-hybridized carbons (Fsp3) is 0.400.